The fourth-order valence-electron chi connectivity index (χ4n) is 1.67. The van der Waals surface area contributed by atoms with Crippen molar-refractivity contribution in [1.82, 2.24) is 5.16 Å². The van der Waals surface area contributed by atoms with E-state index in [0.717, 1.165) is 0 Å². The topological polar surface area (TPSA) is 104 Å². The molecule has 0 saturated carbocycles. The first-order chi connectivity index (χ1) is 10.9. The molecule has 0 bridgehead atoms. The van der Waals surface area contributed by atoms with Crippen molar-refractivity contribution in [2.24, 2.45) is 0 Å². The highest BCUT2D eigenvalue weighted by molar-refractivity contribution is 8.01. The van der Waals surface area contributed by atoms with Crippen molar-refractivity contribution in [1.29, 1.82) is 0 Å². The minimum absolute atomic E-state index is 0.130. The van der Waals surface area contributed by atoms with Gasteiger partial charge in [0.05, 0.1) is 11.0 Å². The van der Waals surface area contributed by atoms with Gasteiger partial charge in [0.15, 0.2) is 5.82 Å². The van der Waals surface area contributed by atoms with Crippen LogP contribution in [-0.4, -0.2) is 33.1 Å². The maximum atomic E-state index is 12.0. The molecule has 1 aromatic heterocycles. The summed E-state index contributed by atoms with van der Waals surface area (Å²) in [5.74, 6) is 0.749. The number of carbonyl (C=O) groups excluding carboxylic acids is 2. The lowest BCUT2D eigenvalue weighted by Crippen LogP contribution is -2.25. The number of nitrogens with one attached hydrogen (secondary N) is 2. The number of thioether (sulfide) groups is 1. The number of hydrogen-bond acceptors (Lipinski definition) is 6. The predicted octanol–water partition coefficient (Wildman–Crippen LogP) is 2.39. The molecule has 0 aliphatic rings. The predicted molar refractivity (Wildman–Crippen MR) is 88.5 cm³/mol. The Hall–Kier alpha value is -2.48. The first-order valence-electron chi connectivity index (χ1n) is 6.88. The molecule has 0 aliphatic carbocycles. The molecule has 7 nitrogen and oxygen atoms in total. The van der Waals surface area contributed by atoms with Crippen molar-refractivity contribution in [3.05, 3.63) is 36.1 Å². The maximum Gasteiger partial charge on any atom is 0.238 e. The number of hydrogen-bond donors (Lipinski definition) is 3. The Morgan fingerprint density at radius 1 is 1.30 bits per heavy atom. The first-order valence-corrected chi connectivity index (χ1v) is 7.93. The van der Waals surface area contributed by atoms with Crippen LogP contribution >= 0.6 is 11.8 Å². The minimum Gasteiger partial charge on any atom is -0.508 e. The molecule has 0 aliphatic heterocycles. The van der Waals surface area contributed by atoms with Crippen LogP contribution in [0.4, 0.5) is 11.5 Å². The third-order valence-corrected chi connectivity index (χ3v) is 4.01. The Labute approximate surface area is 137 Å². The SMILES string of the molecule is Cc1cc(NC(=O)C(C)SCC(=O)Nc2ccc(O)cc2)no1. The Morgan fingerprint density at radius 2 is 2.00 bits per heavy atom. The van der Waals surface area contributed by atoms with Gasteiger partial charge in [0.2, 0.25) is 11.8 Å². The summed E-state index contributed by atoms with van der Waals surface area (Å²) in [6.45, 7) is 3.44. The van der Waals surface area contributed by atoms with Crippen LogP contribution < -0.4 is 10.6 Å². The van der Waals surface area contributed by atoms with Gasteiger partial charge in [0.1, 0.15) is 11.5 Å². The highest BCUT2D eigenvalue weighted by Crippen LogP contribution is 2.16. The number of nitrogens with zero attached hydrogens (tertiary/aromatic N) is 1. The zero-order valence-electron chi connectivity index (χ0n) is 12.7. The molecule has 1 atom stereocenters. The van der Waals surface area contributed by atoms with Gasteiger partial charge in [0.25, 0.3) is 0 Å². The lowest BCUT2D eigenvalue weighted by molar-refractivity contribution is -0.115. The van der Waals surface area contributed by atoms with Crippen LogP contribution in [0.25, 0.3) is 0 Å². The van der Waals surface area contributed by atoms with E-state index in [2.05, 4.69) is 15.8 Å². The largest absolute Gasteiger partial charge is 0.508 e. The van der Waals surface area contributed by atoms with E-state index in [1.165, 1.54) is 23.9 Å². The monoisotopic (exact) mass is 335 g/mol. The number of carbonyl (C=O) groups is 2. The molecule has 2 rings (SSSR count). The Morgan fingerprint density at radius 3 is 2.61 bits per heavy atom. The van der Waals surface area contributed by atoms with E-state index < -0.39 is 5.25 Å². The summed E-state index contributed by atoms with van der Waals surface area (Å²) >= 11 is 1.21. The third-order valence-electron chi connectivity index (χ3n) is 2.86. The average Bonchev–Trinajstić information content (AvgIpc) is 2.92. The molecule has 1 heterocycles. The Kier molecular flexibility index (Phi) is 5.64. The number of anilines is 2. The second-order valence-electron chi connectivity index (χ2n) is 4.86. The number of aromatic hydroxyl groups is 1. The summed E-state index contributed by atoms with van der Waals surface area (Å²) in [5.41, 5.74) is 0.587. The van der Waals surface area contributed by atoms with E-state index in [1.807, 2.05) is 0 Å². The van der Waals surface area contributed by atoms with Gasteiger partial charge in [-0.25, -0.2) is 0 Å². The van der Waals surface area contributed by atoms with Gasteiger partial charge in [-0.1, -0.05) is 5.16 Å². The fourth-order valence-corrected chi connectivity index (χ4v) is 2.36. The average molecular weight is 335 g/mol. The Balaban J connectivity index is 1.76. The lowest BCUT2D eigenvalue weighted by atomic mass is 10.3. The number of aromatic nitrogens is 1. The second kappa shape index (κ2) is 7.68. The summed E-state index contributed by atoms with van der Waals surface area (Å²) < 4.78 is 4.86. The molecular formula is C15H17N3O4S. The molecule has 0 saturated heterocycles. The van der Waals surface area contributed by atoms with Gasteiger partial charge in [0, 0.05) is 11.8 Å². The summed E-state index contributed by atoms with van der Waals surface area (Å²) in [6.07, 6.45) is 0. The molecule has 122 valence electrons. The number of aryl methyl sites for hydroxylation is 1. The van der Waals surface area contributed by atoms with Crippen LogP contribution in [0.5, 0.6) is 5.75 Å². The van der Waals surface area contributed by atoms with E-state index in [1.54, 1.807) is 32.0 Å². The van der Waals surface area contributed by atoms with E-state index in [4.69, 9.17) is 4.52 Å². The highest BCUT2D eigenvalue weighted by atomic mass is 32.2. The maximum absolute atomic E-state index is 12.0. The van der Waals surface area contributed by atoms with Crippen LogP contribution in [-0.2, 0) is 9.59 Å². The minimum atomic E-state index is -0.419. The fraction of sp³-hybridized carbons (Fsp3) is 0.267. The molecule has 8 heteroatoms. The van der Waals surface area contributed by atoms with Gasteiger partial charge in [-0.05, 0) is 38.1 Å². The smallest absolute Gasteiger partial charge is 0.238 e. The lowest BCUT2D eigenvalue weighted by Gasteiger charge is -2.10. The van der Waals surface area contributed by atoms with Gasteiger partial charge in [-0.3, -0.25) is 9.59 Å². The molecule has 1 unspecified atom stereocenters. The molecule has 1 aromatic carbocycles. The molecule has 3 N–H and O–H groups in total. The Bertz CT molecular complexity index is 684. The van der Waals surface area contributed by atoms with Gasteiger partial charge in [-0.15, -0.1) is 11.8 Å². The van der Waals surface area contributed by atoms with Crippen molar-refractivity contribution in [3.8, 4) is 5.75 Å². The quantitative estimate of drug-likeness (QED) is 0.700. The number of phenols is 1. The van der Waals surface area contributed by atoms with Crippen LogP contribution in [0.3, 0.4) is 0 Å². The van der Waals surface area contributed by atoms with Crippen molar-refractivity contribution in [3.63, 3.8) is 0 Å². The normalized spacial score (nSPS) is 11.7. The van der Waals surface area contributed by atoms with Crippen LogP contribution in [0.1, 0.15) is 12.7 Å². The van der Waals surface area contributed by atoms with E-state index >= 15 is 0 Å². The van der Waals surface area contributed by atoms with Crippen molar-refractivity contribution in [2.45, 2.75) is 19.1 Å². The highest BCUT2D eigenvalue weighted by Gasteiger charge is 2.16. The third kappa shape index (κ3) is 5.33. The van der Waals surface area contributed by atoms with E-state index in [9.17, 15) is 14.7 Å². The molecule has 2 aromatic rings. The number of phenolic OH excluding ortho intramolecular Hbond substituents is 1. The molecule has 0 radical (unpaired) electrons. The summed E-state index contributed by atoms with van der Waals surface area (Å²) in [7, 11) is 0. The summed E-state index contributed by atoms with van der Waals surface area (Å²) in [4.78, 5) is 23.8. The van der Waals surface area contributed by atoms with Crippen LogP contribution in [0, 0.1) is 6.92 Å². The molecule has 0 spiro atoms. The van der Waals surface area contributed by atoms with Gasteiger partial charge >= 0.3 is 0 Å². The number of benzene rings is 1. The van der Waals surface area contributed by atoms with Crippen molar-refractivity contribution < 1.29 is 19.2 Å². The van der Waals surface area contributed by atoms with Crippen molar-refractivity contribution >= 4 is 35.1 Å². The van der Waals surface area contributed by atoms with Crippen LogP contribution in [0.15, 0.2) is 34.9 Å². The molecule has 2 amide bonds. The van der Waals surface area contributed by atoms with Crippen LogP contribution in [0.2, 0.25) is 0 Å². The van der Waals surface area contributed by atoms with E-state index in [-0.39, 0.29) is 23.3 Å². The summed E-state index contributed by atoms with van der Waals surface area (Å²) in [6, 6.07) is 7.78. The molecule has 0 fully saturated rings. The second-order valence-corrected chi connectivity index (χ2v) is 6.19. The summed E-state index contributed by atoms with van der Waals surface area (Å²) in [5, 5.41) is 17.7. The standard InChI is InChI=1S/C15H17N3O4S/c1-9-7-13(18-22-9)17-15(21)10(2)23-8-14(20)16-11-3-5-12(19)6-4-11/h3-7,10,19H,8H2,1-2H3,(H,16,20)(H,17,18,21). The van der Waals surface area contributed by atoms with Gasteiger partial charge < -0.3 is 20.3 Å². The zero-order valence-corrected chi connectivity index (χ0v) is 13.5. The first kappa shape index (κ1) is 16.9. The number of rotatable bonds is 6. The molecule has 23 heavy (non-hydrogen) atoms. The number of amides is 2. The zero-order chi connectivity index (χ0) is 16.8. The van der Waals surface area contributed by atoms with Gasteiger partial charge in [-0.2, -0.15) is 0 Å². The van der Waals surface area contributed by atoms with Crippen molar-refractivity contribution in [2.75, 3.05) is 16.4 Å². The molecular weight excluding hydrogens is 318 g/mol. The van der Waals surface area contributed by atoms with E-state index in [0.29, 0.717) is 17.3 Å².